The van der Waals surface area contributed by atoms with Crippen LogP contribution in [0, 0.1) is 11.1 Å². The number of rotatable bonds is 6. The van der Waals surface area contributed by atoms with Crippen molar-refractivity contribution in [1.82, 2.24) is 9.78 Å². The van der Waals surface area contributed by atoms with Crippen molar-refractivity contribution in [2.75, 3.05) is 17.7 Å². The highest BCUT2D eigenvalue weighted by Gasteiger charge is 2.35. The quantitative estimate of drug-likeness (QED) is 0.540. The lowest BCUT2D eigenvalue weighted by Gasteiger charge is -2.24. The van der Waals surface area contributed by atoms with Crippen LogP contribution < -0.4 is 9.63 Å². The summed E-state index contributed by atoms with van der Waals surface area (Å²) in [6, 6.07) is 3.24. The summed E-state index contributed by atoms with van der Waals surface area (Å²) < 4.78 is 25.7. The molecule has 2 aromatic rings. The van der Waals surface area contributed by atoms with Crippen LogP contribution in [0.3, 0.4) is 0 Å². The van der Waals surface area contributed by atoms with Gasteiger partial charge in [-0.3, -0.25) is 4.79 Å². The molecule has 10 heteroatoms. The molecule has 2 heterocycles. The Hall–Kier alpha value is -2.13. The van der Waals surface area contributed by atoms with Gasteiger partial charge in [-0.2, -0.15) is 9.83 Å². The Morgan fingerprint density at radius 1 is 1.54 bits per heavy atom. The second-order valence-corrected chi connectivity index (χ2v) is 9.26. The molecule has 0 spiro atoms. The van der Waals surface area contributed by atoms with E-state index in [4.69, 9.17) is 11.6 Å². The second-order valence-electron chi connectivity index (χ2n) is 6.54. The first-order chi connectivity index (χ1) is 12.2. The largest absolute Gasteiger partial charge is 0.619 e. The number of carbonyl (C=O) groups excluding carboxylic acids is 1. The van der Waals surface area contributed by atoms with Crippen LogP contribution in [0.2, 0.25) is 5.15 Å². The summed E-state index contributed by atoms with van der Waals surface area (Å²) in [7, 11) is -3.54. The zero-order chi connectivity index (χ0) is 19.1. The number of hydrogen-bond acceptors (Lipinski definition) is 5. The molecule has 0 aliphatic heterocycles. The predicted octanol–water partition coefficient (Wildman–Crippen LogP) is 1.34. The highest BCUT2D eigenvalue weighted by Crippen LogP contribution is 2.34. The van der Waals surface area contributed by atoms with Gasteiger partial charge in [0.05, 0.1) is 6.20 Å². The minimum absolute atomic E-state index is 0.0704. The van der Waals surface area contributed by atoms with Gasteiger partial charge < -0.3 is 10.1 Å². The van der Waals surface area contributed by atoms with Crippen LogP contribution in [0.25, 0.3) is 5.69 Å². The van der Waals surface area contributed by atoms with Crippen LogP contribution in [0.1, 0.15) is 19.8 Å². The number of pyridine rings is 1. The molecule has 2 aromatic heterocycles. The van der Waals surface area contributed by atoms with E-state index in [1.165, 1.54) is 35.1 Å². The Kier molecular flexibility index (Phi) is 4.94. The lowest BCUT2D eigenvalue weighted by atomic mass is 10.3. The number of nitrogens with zero attached hydrogens (tertiary/aromatic N) is 4. The first-order valence-electron chi connectivity index (χ1n) is 8.11. The molecule has 1 aliphatic rings. The Bertz CT molecular complexity index is 939. The van der Waals surface area contributed by atoms with Gasteiger partial charge in [-0.15, -0.1) is 0 Å². The summed E-state index contributed by atoms with van der Waals surface area (Å²) in [6.45, 7) is 1.76. The number of carbonyl (C=O) groups is 1. The smallest absolute Gasteiger partial charge is 0.245 e. The topological polar surface area (TPSA) is 99.2 Å². The van der Waals surface area contributed by atoms with E-state index < -0.39 is 21.0 Å². The first kappa shape index (κ1) is 18.7. The maximum Gasteiger partial charge on any atom is 0.245 e. The van der Waals surface area contributed by atoms with E-state index in [2.05, 4.69) is 5.10 Å². The second kappa shape index (κ2) is 6.88. The Morgan fingerprint density at radius 2 is 2.23 bits per heavy atom. The van der Waals surface area contributed by atoms with Crippen molar-refractivity contribution in [1.29, 1.82) is 0 Å². The minimum Gasteiger partial charge on any atom is -0.619 e. The standard InChI is InChI=1S/C16H19ClN4O4S/c1-11(26(2,24)25)16(22)20(8-12-5-6-12)14-10-21(18-15(14)17)13-4-3-7-19(23)9-13/h3-4,7,9-12H,5-6,8H2,1-2H3. The molecule has 3 rings (SSSR count). The molecular weight excluding hydrogens is 380 g/mol. The van der Waals surface area contributed by atoms with Gasteiger partial charge in [-0.05, 0) is 31.7 Å². The SMILES string of the molecule is CC(C(=O)N(CC1CC1)c1cn(-c2ccc[n+]([O-])c2)nc1Cl)S(C)(=O)=O. The molecule has 0 aromatic carbocycles. The molecule has 140 valence electrons. The Balaban J connectivity index is 1.98. The number of hydrogen-bond donors (Lipinski definition) is 0. The van der Waals surface area contributed by atoms with Gasteiger partial charge in [0.15, 0.2) is 21.2 Å². The van der Waals surface area contributed by atoms with E-state index in [0.717, 1.165) is 19.1 Å². The third-order valence-corrected chi connectivity index (χ3v) is 6.12. The van der Waals surface area contributed by atoms with Crippen LogP contribution in [0.15, 0.2) is 30.7 Å². The molecule has 0 saturated heterocycles. The van der Waals surface area contributed by atoms with Gasteiger partial charge in [-0.1, -0.05) is 11.6 Å². The van der Waals surface area contributed by atoms with Crippen molar-refractivity contribution in [3.63, 3.8) is 0 Å². The molecule has 0 radical (unpaired) electrons. The van der Waals surface area contributed by atoms with E-state index in [1.54, 1.807) is 12.1 Å². The lowest BCUT2D eigenvalue weighted by molar-refractivity contribution is -0.605. The zero-order valence-corrected chi connectivity index (χ0v) is 15.9. The van der Waals surface area contributed by atoms with Gasteiger partial charge in [0.1, 0.15) is 16.6 Å². The fraction of sp³-hybridized carbons (Fsp3) is 0.438. The summed E-state index contributed by atoms with van der Waals surface area (Å²) in [5.74, 6) is -0.210. The summed E-state index contributed by atoms with van der Waals surface area (Å²) in [5, 5.41) is 14.5. The summed E-state index contributed by atoms with van der Waals surface area (Å²) in [5.41, 5.74) is 0.811. The highest BCUT2D eigenvalue weighted by molar-refractivity contribution is 7.92. The van der Waals surface area contributed by atoms with Crippen molar-refractivity contribution < 1.29 is 17.9 Å². The van der Waals surface area contributed by atoms with Crippen molar-refractivity contribution in [2.45, 2.75) is 25.0 Å². The van der Waals surface area contributed by atoms with E-state index in [9.17, 15) is 18.4 Å². The number of sulfone groups is 1. The molecule has 1 atom stereocenters. The Labute approximate surface area is 156 Å². The van der Waals surface area contributed by atoms with E-state index in [1.807, 2.05) is 0 Å². The minimum atomic E-state index is -3.54. The Morgan fingerprint density at radius 3 is 2.81 bits per heavy atom. The molecule has 8 nitrogen and oxygen atoms in total. The number of anilines is 1. The van der Waals surface area contributed by atoms with Crippen LogP contribution in [-0.2, 0) is 14.6 Å². The number of halogens is 1. The lowest BCUT2D eigenvalue weighted by Crippen LogP contribution is -2.42. The molecule has 1 fully saturated rings. The van der Waals surface area contributed by atoms with Gasteiger partial charge in [0.25, 0.3) is 0 Å². The zero-order valence-electron chi connectivity index (χ0n) is 14.4. The summed E-state index contributed by atoms with van der Waals surface area (Å²) in [4.78, 5) is 14.2. The average molecular weight is 399 g/mol. The first-order valence-corrected chi connectivity index (χ1v) is 10.4. The van der Waals surface area contributed by atoms with Gasteiger partial charge >= 0.3 is 0 Å². The summed E-state index contributed by atoms with van der Waals surface area (Å²) in [6.07, 6.45) is 7.20. The van der Waals surface area contributed by atoms with Crippen LogP contribution in [0.5, 0.6) is 0 Å². The third kappa shape index (κ3) is 3.99. The van der Waals surface area contributed by atoms with E-state index >= 15 is 0 Å². The predicted molar refractivity (Wildman–Crippen MR) is 96.9 cm³/mol. The fourth-order valence-electron chi connectivity index (χ4n) is 2.50. The number of aromatic nitrogens is 3. The number of amides is 1. The van der Waals surface area contributed by atoms with Crippen molar-refractivity contribution in [3.8, 4) is 5.69 Å². The maximum atomic E-state index is 12.8. The van der Waals surface area contributed by atoms with Crippen LogP contribution in [0.4, 0.5) is 5.69 Å². The molecule has 1 amide bonds. The monoisotopic (exact) mass is 398 g/mol. The van der Waals surface area contributed by atoms with Gasteiger partial charge in [-0.25, -0.2) is 13.1 Å². The molecule has 1 saturated carbocycles. The van der Waals surface area contributed by atoms with Crippen molar-refractivity contribution >= 4 is 33.0 Å². The van der Waals surface area contributed by atoms with E-state index in [0.29, 0.717) is 28.6 Å². The van der Waals surface area contributed by atoms with Gasteiger partial charge in [0.2, 0.25) is 12.1 Å². The van der Waals surface area contributed by atoms with Crippen molar-refractivity contribution in [3.05, 3.63) is 41.1 Å². The molecule has 26 heavy (non-hydrogen) atoms. The highest BCUT2D eigenvalue weighted by atomic mass is 35.5. The third-order valence-electron chi connectivity index (χ3n) is 4.36. The van der Waals surface area contributed by atoms with Crippen LogP contribution in [-0.4, -0.2) is 42.2 Å². The van der Waals surface area contributed by atoms with Crippen LogP contribution >= 0.6 is 11.6 Å². The normalized spacial score (nSPS) is 15.7. The molecular formula is C16H19ClN4O4S. The molecule has 1 unspecified atom stereocenters. The van der Waals surface area contributed by atoms with Crippen molar-refractivity contribution in [2.24, 2.45) is 5.92 Å². The molecule has 0 N–H and O–H groups in total. The molecule has 0 bridgehead atoms. The average Bonchev–Trinajstić information content (AvgIpc) is 3.31. The summed E-state index contributed by atoms with van der Waals surface area (Å²) >= 11 is 6.24. The fourth-order valence-corrected chi connectivity index (χ4v) is 3.23. The molecule has 1 aliphatic carbocycles. The maximum absolute atomic E-state index is 12.8. The van der Waals surface area contributed by atoms with Gasteiger partial charge in [0, 0.05) is 18.9 Å². The van der Waals surface area contributed by atoms with E-state index in [-0.39, 0.29) is 5.15 Å².